The van der Waals surface area contributed by atoms with Crippen molar-refractivity contribution in [3.63, 3.8) is 0 Å². The molecule has 0 amide bonds. The van der Waals surface area contributed by atoms with Gasteiger partial charge in [-0.1, -0.05) is 65.7 Å². The molecule has 0 N–H and O–H groups in total. The van der Waals surface area contributed by atoms with Gasteiger partial charge >= 0.3 is 0 Å². The van der Waals surface area contributed by atoms with E-state index in [1.165, 1.54) is 39.6 Å². The molecule has 0 aliphatic heterocycles. The van der Waals surface area contributed by atoms with Crippen LogP contribution in [-0.2, 0) is 5.41 Å². The Morgan fingerprint density at radius 2 is 1.75 bits per heavy atom. The van der Waals surface area contributed by atoms with Crippen molar-refractivity contribution in [1.29, 1.82) is 0 Å². The SMILES string of the molecule is Cc1ccc(C2CCC(C)(C)c3ccc(Br)cc32)cc1. The highest BCUT2D eigenvalue weighted by Gasteiger charge is 2.33. The first-order chi connectivity index (χ1) is 9.47. The highest BCUT2D eigenvalue weighted by molar-refractivity contribution is 9.10. The van der Waals surface area contributed by atoms with E-state index in [1.807, 2.05) is 0 Å². The zero-order valence-corrected chi connectivity index (χ0v) is 14.0. The molecule has 1 heteroatoms. The smallest absolute Gasteiger partial charge is 0.0178 e. The predicted octanol–water partition coefficient (Wildman–Crippen LogP) is 5.96. The summed E-state index contributed by atoms with van der Waals surface area (Å²) in [4.78, 5) is 0. The maximum atomic E-state index is 3.64. The Balaban J connectivity index is 2.11. The minimum absolute atomic E-state index is 0.289. The Morgan fingerprint density at radius 1 is 1.05 bits per heavy atom. The van der Waals surface area contributed by atoms with E-state index in [4.69, 9.17) is 0 Å². The second kappa shape index (κ2) is 5.04. The van der Waals surface area contributed by atoms with Crippen LogP contribution in [0.1, 0.15) is 54.9 Å². The van der Waals surface area contributed by atoms with Gasteiger partial charge in [-0.2, -0.15) is 0 Å². The Hall–Kier alpha value is -1.08. The van der Waals surface area contributed by atoms with Crippen LogP contribution in [0.2, 0.25) is 0 Å². The number of hydrogen-bond acceptors (Lipinski definition) is 0. The van der Waals surface area contributed by atoms with Crippen LogP contribution in [0, 0.1) is 6.92 Å². The fraction of sp³-hybridized carbons (Fsp3) is 0.368. The Morgan fingerprint density at radius 3 is 2.45 bits per heavy atom. The molecule has 0 nitrogen and oxygen atoms in total. The summed E-state index contributed by atoms with van der Waals surface area (Å²) in [5.41, 5.74) is 6.08. The molecule has 1 aliphatic carbocycles. The lowest BCUT2D eigenvalue weighted by Gasteiger charge is -2.37. The molecule has 2 aromatic rings. The molecule has 0 spiro atoms. The van der Waals surface area contributed by atoms with Crippen molar-refractivity contribution in [2.24, 2.45) is 0 Å². The molecule has 1 aliphatic rings. The van der Waals surface area contributed by atoms with Crippen molar-refractivity contribution in [3.05, 3.63) is 69.2 Å². The van der Waals surface area contributed by atoms with Gasteiger partial charge < -0.3 is 0 Å². The molecule has 0 radical (unpaired) electrons. The average Bonchev–Trinajstić information content (AvgIpc) is 2.40. The van der Waals surface area contributed by atoms with Gasteiger partial charge in [0.05, 0.1) is 0 Å². The summed E-state index contributed by atoms with van der Waals surface area (Å²) < 4.78 is 1.19. The monoisotopic (exact) mass is 328 g/mol. The number of aryl methyl sites for hydroxylation is 1. The molecule has 0 saturated carbocycles. The molecule has 0 aromatic heterocycles. The van der Waals surface area contributed by atoms with Crippen LogP contribution in [0.25, 0.3) is 0 Å². The zero-order valence-electron chi connectivity index (χ0n) is 12.4. The normalized spacial score (nSPS) is 20.5. The van der Waals surface area contributed by atoms with Crippen molar-refractivity contribution in [1.82, 2.24) is 0 Å². The maximum Gasteiger partial charge on any atom is 0.0178 e. The summed E-state index contributed by atoms with van der Waals surface area (Å²) >= 11 is 3.64. The molecule has 1 unspecified atom stereocenters. The fourth-order valence-electron chi connectivity index (χ4n) is 3.38. The molecule has 104 valence electrons. The van der Waals surface area contributed by atoms with E-state index >= 15 is 0 Å². The Bertz CT molecular complexity index is 623. The largest absolute Gasteiger partial charge is 0.0590 e. The summed E-state index contributed by atoms with van der Waals surface area (Å²) in [7, 11) is 0. The minimum atomic E-state index is 0.289. The van der Waals surface area contributed by atoms with Gasteiger partial charge in [-0.15, -0.1) is 0 Å². The van der Waals surface area contributed by atoms with Gasteiger partial charge in [0.1, 0.15) is 0 Å². The molecule has 3 rings (SSSR count). The number of halogens is 1. The van der Waals surface area contributed by atoms with Gasteiger partial charge in [-0.05, 0) is 54.0 Å². The van der Waals surface area contributed by atoms with Crippen LogP contribution < -0.4 is 0 Å². The maximum absolute atomic E-state index is 3.64. The lowest BCUT2D eigenvalue weighted by molar-refractivity contribution is 0.411. The van der Waals surface area contributed by atoms with Crippen LogP contribution in [0.4, 0.5) is 0 Å². The summed E-state index contributed by atoms with van der Waals surface area (Å²) in [6.07, 6.45) is 2.49. The average molecular weight is 329 g/mol. The van der Waals surface area contributed by atoms with Crippen molar-refractivity contribution in [3.8, 4) is 0 Å². The quantitative estimate of drug-likeness (QED) is 0.605. The molecule has 0 fully saturated rings. The van der Waals surface area contributed by atoms with E-state index < -0.39 is 0 Å². The van der Waals surface area contributed by atoms with E-state index in [1.54, 1.807) is 0 Å². The van der Waals surface area contributed by atoms with E-state index in [9.17, 15) is 0 Å². The van der Waals surface area contributed by atoms with E-state index in [0.717, 1.165) is 0 Å². The van der Waals surface area contributed by atoms with E-state index in [0.29, 0.717) is 5.92 Å². The van der Waals surface area contributed by atoms with Gasteiger partial charge in [-0.3, -0.25) is 0 Å². The summed E-state index contributed by atoms with van der Waals surface area (Å²) in [5.74, 6) is 0.538. The number of benzene rings is 2. The van der Waals surface area contributed by atoms with Crippen molar-refractivity contribution < 1.29 is 0 Å². The molecule has 0 bridgehead atoms. The number of fused-ring (bicyclic) bond motifs is 1. The third-order valence-corrected chi connectivity index (χ3v) is 5.15. The third-order valence-electron chi connectivity index (χ3n) is 4.66. The summed E-state index contributed by atoms with van der Waals surface area (Å²) in [5, 5.41) is 0. The van der Waals surface area contributed by atoms with E-state index in [-0.39, 0.29) is 5.41 Å². The first kappa shape index (κ1) is 13.9. The summed E-state index contributed by atoms with van der Waals surface area (Å²) in [6, 6.07) is 15.9. The second-order valence-electron chi connectivity index (χ2n) is 6.62. The lowest BCUT2D eigenvalue weighted by Crippen LogP contribution is -2.26. The summed E-state index contributed by atoms with van der Waals surface area (Å²) in [6.45, 7) is 6.88. The van der Waals surface area contributed by atoms with Crippen LogP contribution in [-0.4, -0.2) is 0 Å². The zero-order chi connectivity index (χ0) is 14.3. The third kappa shape index (κ3) is 2.44. The number of hydrogen-bond donors (Lipinski definition) is 0. The molecule has 0 heterocycles. The van der Waals surface area contributed by atoms with Gasteiger partial charge in [0, 0.05) is 10.4 Å². The molecule has 1 atom stereocenters. The topological polar surface area (TPSA) is 0 Å². The molecule has 20 heavy (non-hydrogen) atoms. The second-order valence-corrected chi connectivity index (χ2v) is 7.53. The number of rotatable bonds is 1. The molecule has 0 saturated heterocycles. The van der Waals surface area contributed by atoms with Gasteiger partial charge in [-0.25, -0.2) is 0 Å². The Labute approximate surface area is 130 Å². The van der Waals surface area contributed by atoms with Gasteiger partial charge in [0.25, 0.3) is 0 Å². The highest BCUT2D eigenvalue weighted by atomic mass is 79.9. The standard InChI is InChI=1S/C19H21Br/c1-13-4-6-14(7-5-13)16-10-11-19(2,3)18-9-8-15(20)12-17(16)18/h4-9,12,16H,10-11H2,1-3H3. The molecule has 2 aromatic carbocycles. The van der Waals surface area contributed by atoms with Gasteiger partial charge in [0.2, 0.25) is 0 Å². The molecular formula is C19H21Br. The van der Waals surface area contributed by atoms with Crippen molar-refractivity contribution in [2.45, 2.75) is 44.9 Å². The lowest BCUT2D eigenvalue weighted by atomic mass is 9.67. The molecular weight excluding hydrogens is 308 g/mol. The highest BCUT2D eigenvalue weighted by Crippen LogP contribution is 2.45. The predicted molar refractivity (Wildman–Crippen MR) is 89.4 cm³/mol. The van der Waals surface area contributed by atoms with Crippen molar-refractivity contribution in [2.75, 3.05) is 0 Å². The van der Waals surface area contributed by atoms with Crippen LogP contribution >= 0.6 is 15.9 Å². The Kier molecular flexibility index (Phi) is 3.50. The van der Waals surface area contributed by atoms with Gasteiger partial charge in [0.15, 0.2) is 0 Å². The van der Waals surface area contributed by atoms with Crippen LogP contribution in [0.5, 0.6) is 0 Å². The van der Waals surface area contributed by atoms with Crippen molar-refractivity contribution >= 4 is 15.9 Å². The van der Waals surface area contributed by atoms with Crippen LogP contribution in [0.15, 0.2) is 46.9 Å². The van der Waals surface area contributed by atoms with E-state index in [2.05, 4.69) is 79.2 Å². The minimum Gasteiger partial charge on any atom is -0.0590 e. The first-order valence-electron chi connectivity index (χ1n) is 7.34. The first-order valence-corrected chi connectivity index (χ1v) is 8.13. The fourth-order valence-corrected chi connectivity index (χ4v) is 3.76. The van der Waals surface area contributed by atoms with Crippen LogP contribution in [0.3, 0.4) is 0 Å².